The van der Waals surface area contributed by atoms with Gasteiger partial charge >= 0.3 is 41.7 Å². The van der Waals surface area contributed by atoms with Crippen LogP contribution in [-0.4, -0.2) is 41.7 Å². The van der Waals surface area contributed by atoms with E-state index in [0.717, 1.165) is 0 Å². The van der Waals surface area contributed by atoms with Crippen molar-refractivity contribution < 1.29 is 70.2 Å². The molecular formula is C9HF16I. The predicted molar refractivity (Wildman–Crippen MR) is 58.9 cm³/mol. The summed E-state index contributed by atoms with van der Waals surface area (Å²) < 4.78 is 201. The van der Waals surface area contributed by atoms with Crippen LogP contribution in [0.4, 0.5) is 70.2 Å². The largest absolute Gasteiger partial charge is 0.460 e. The van der Waals surface area contributed by atoms with E-state index in [1.807, 2.05) is 0 Å². The molecule has 26 heavy (non-hydrogen) atoms. The Labute approximate surface area is 145 Å². The maximum atomic E-state index is 13.0. The highest BCUT2D eigenvalue weighted by Crippen LogP contribution is 2.63. The molecule has 0 saturated carbocycles. The zero-order valence-corrected chi connectivity index (χ0v) is 13.2. The molecule has 0 atom stereocenters. The fourth-order valence-electron chi connectivity index (χ4n) is 1.19. The van der Waals surface area contributed by atoms with Crippen molar-refractivity contribution in [3.63, 3.8) is 0 Å². The Bertz CT molecular complexity index is 555. The van der Waals surface area contributed by atoms with Crippen molar-refractivity contribution in [1.29, 1.82) is 0 Å². The molecule has 17 heteroatoms. The smallest absolute Gasteiger partial charge is 0.204 e. The second-order valence-electron chi connectivity index (χ2n) is 4.40. The third-order valence-corrected chi connectivity index (χ3v) is 3.27. The Hall–Kier alpha value is -0.650. The van der Waals surface area contributed by atoms with Gasteiger partial charge in [-0.2, -0.15) is 65.9 Å². The van der Waals surface area contributed by atoms with Crippen molar-refractivity contribution in [1.82, 2.24) is 0 Å². The molecule has 0 aromatic carbocycles. The molecule has 0 N–H and O–H groups in total. The number of rotatable bonds is 6. The quantitative estimate of drug-likeness (QED) is 0.263. The summed E-state index contributed by atoms with van der Waals surface area (Å²) in [5.41, 5.74) is 0. The summed E-state index contributed by atoms with van der Waals surface area (Å²) in [6, 6.07) is 0. The van der Waals surface area contributed by atoms with E-state index in [4.69, 9.17) is 0 Å². The Balaban J connectivity index is 6.61. The fourth-order valence-corrected chi connectivity index (χ4v) is 1.58. The number of hydrogen-bond acceptors (Lipinski definition) is 0. The second kappa shape index (κ2) is 6.46. The first-order valence-electron chi connectivity index (χ1n) is 5.28. The molecule has 0 unspecified atom stereocenters. The standard InChI is InChI=1S/C9HF16I/c10-2(1-26)3(11,12)4(13,14)5(15,16)6(17,18)7(19,20)8(21,22)9(23,24)25/h1H/b2-1-. The summed E-state index contributed by atoms with van der Waals surface area (Å²) in [4.78, 5) is 0. The van der Waals surface area contributed by atoms with Gasteiger partial charge in [-0.05, 0) is 22.6 Å². The first-order valence-corrected chi connectivity index (χ1v) is 6.53. The van der Waals surface area contributed by atoms with Crippen LogP contribution < -0.4 is 0 Å². The van der Waals surface area contributed by atoms with Crippen LogP contribution in [-0.2, 0) is 0 Å². The molecule has 0 aromatic heterocycles. The number of hydrogen-bond donors (Lipinski definition) is 0. The molecule has 0 aromatic rings. The average molecular weight is 540 g/mol. The lowest BCUT2D eigenvalue weighted by Crippen LogP contribution is -2.72. The molecule has 0 fully saturated rings. The molecule has 0 bridgehead atoms. The van der Waals surface area contributed by atoms with Gasteiger partial charge in [0.2, 0.25) is 0 Å². The maximum Gasteiger partial charge on any atom is 0.460 e. The minimum absolute atomic E-state index is 0.368. The molecule has 0 aliphatic carbocycles. The summed E-state index contributed by atoms with van der Waals surface area (Å²) in [5, 5.41) is 0. The van der Waals surface area contributed by atoms with Crippen LogP contribution >= 0.6 is 22.6 Å². The normalized spacial score (nSPS) is 16.9. The summed E-state index contributed by atoms with van der Waals surface area (Å²) in [6.45, 7) is 0. The maximum absolute atomic E-state index is 13.0. The van der Waals surface area contributed by atoms with Crippen molar-refractivity contribution in [2.75, 3.05) is 0 Å². The van der Waals surface area contributed by atoms with E-state index >= 15 is 0 Å². The van der Waals surface area contributed by atoms with Gasteiger partial charge in [0.05, 0.1) is 0 Å². The predicted octanol–water partition coefficient (Wildman–Crippen LogP) is 6.61. The Kier molecular flexibility index (Phi) is 6.29. The van der Waals surface area contributed by atoms with E-state index in [1.165, 1.54) is 0 Å². The summed E-state index contributed by atoms with van der Waals surface area (Å²) >= 11 is 0.368. The van der Waals surface area contributed by atoms with Crippen LogP contribution in [0.1, 0.15) is 0 Å². The van der Waals surface area contributed by atoms with E-state index in [0.29, 0.717) is 22.6 Å². The topological polar surface area (TPSA) is 0 Å². The number of halogens is 17. The number of alkyl halides is 15. The summed E-state index contributed by atoms with van der Waals surface area (Å²) in [5.74, 6) is -51.4. The van der Waals surface area contributed by atoms with E-state index < -0.39 is 51.6 Å². The van der Waals surface area contributed by atoms with E-state index in [-0.39, 0.29) is 0 Å². The Morgan fingerprint density at radius 3 is 1.04 bits per heavy atom. The highest BCUT2D eigenvalue weighted by Gasteiger charge is 2.93. The zero-order valence-electron chi connectivity index (χ0n) is 11.0. The zero-order chi connectivity index (χ0) is 21.8. The van der Waals surface area contributed by atoms with E-state index in [9.17, 15) is 70.2 Å². The molecule has 0 heterocycles. The van der Waals surface area contributed by atoms with Gasteiger partial charge in [-0.3, -0.25) is 0 Å². The molecule has 0 spiro atoms. The van der Waals surface area contributed by atoms with Crippen molar-refractivity contribution in [2.24, 2.45) is 0 Å². The average Bonchev–Trinajstić information content (AvgIpc) is 2.43. The Morgan fingerprint density at radius 2 is 0.769 bits per heavy atom. The minimum atomic E-state index is -8.41. The highest BCUT2D eigenvalue weighted by atomic mass is 127. The lowest BCUT2D eigenvalue weighted by Gasteiger charge is -2.41. The van der Waals surface area contributed by atoms with Crippen LogP contribution in [0.15, 0.2) is 9.91 Å². The van der Waals surface area contributed by atoms with Crippen molar-refractivity contribution in [2.45, 2.75) is 41.7 Å². The molecule has 0 aliphatic heterocycles. The van der Waals surface area contributed by atoms with Gasteiger partial charge in [0.15, 0.2) is 5.83 Å². The Morgan fingerprint density at radius 1 is 0.500 bits per heavy atom. The van der Waals surface area contributed by atoms with Gasteiger partial charge in [-0.25, -0.2) is 4.39 Å². The van der Waals surface area contributed by atoms with E-state index in [1.54, 1.807) is 0 Å². The summed E-state index contributed by atoms with van der Waals surface area (Å²) in [7, 11) is 0. The SMILES string of the molecule is F/C(=C\I)C(F)(F)C(F)(F)C(F)(F)C(F)(F)C(F)(F)C(F)(F)C(F)(F)F. The van der Waals surface area contributed by atoms with Gasteiger partial charge < -0.3 is 0 Å². The van der Waals surface area contributed by atoms with Gasteiger partial charge in [0.1, 0.15) is 0 Å². The molecule has 156 valence electrons. The summed E-state index contributed by atoms with van der Waals surface area (Å²) in [6.07, 6.45) is -7.67. The monoisotopic (exact) mass is 540 g/mol. The lowest BCUT2D eigenvalue weighted by atomic mass is 9.91. The van der Waals surface area contributed by atoms with Crippen molar-refractivity contribution in [3.05, 3.63) is 9.91 Å². The van der Waals surface area contributed by atoms with Gasteiger partial charge in [0.25, 0.3) is 0 Å². The van der Waals surface area contributed by atoms with Crippen LogP contribution in [0.5, 0.6) is 0 Å². The molecule has 0 aliphatic rings. The number of allylic oxidation sites excluding steroid dienone is 1. The van der Waals surface area contributed by atoms with Crippen LogP contribution in [0.2, 0.25) is 0 Å². The van der Waals surface area contributed by atoms with Gasteiger partial charge in [0, 0.05) is 4.08 Å². The highest BCUT2D eigenvalue weighted by molar-refractivity contribution is 14.1. The van der Waals surface area contributed by atoms with Crippen LogP contribution in [0.3, 0.4) is 0 Å². The van der Waals surface area contributed by atoms with Crippen LogP contribution in [0.25, 0.3) is 0 Å². The molecule has 0 amide bonds. The first kappa shape index (κ1) is 25.4. The molecule has 0 rings (SSSR count). The molecule has 0 saturated heterocycles. The first-order chi connectivity index (χ1) is 11.0. The van der Waals surface area contributed by atoms with Gasteiger partial charge in [-0.1, -0.05) is 0 Å². The second-order valence-corrected chi connectivity index (χ2v) is 5.02. The van der Waals surface area contributed by atoms with Crippen molar-refractivity contribution >= 4 is 22.6 Å². The van der Waals surface area contributed by atoms with Crippen LogP contribution in [0, 0.1) is 0 Å². The fraction of sp³-hybridized carbons (Fsp3) is 0.778. The third kappa shape index (κ3) is 3.10. The van der Waals surface area contributed by atoms with Gasteiger partial charge in [-0.15, -0.1) is 0 Å². The lowest BCUT2D eigenvalue weighted by molar-refractivity contribution is -0.450. The third-order valence-electron chi connectivity index (χ3n) is 2.72. The molecular weight excluding hydrogens is 539 g/mol. The molecule has 0 nitrogen and oxygen atoms in total. The minimum Gasteiger partial charge on any atom is -0.204 e. The van der Waals surface area contributed by atoms with E-state index in [2.05, 4.69) is 0 Å². The molecule has 0 radical (unpaired) electrons. The van der Waals surface area contributed by atoms with Crippen molar-refractivity contribution in [3.8, 4) is 0 Å².